The summed E-state index contributed by atoms with van der Waals surface area (Å²) in [5.41, 5.74) is 1.55. The van der Waals surface area contributed by atoms with Crippen LogP contribution in [0.15, 0.2) is 97.3 Å². The molecule has 41 heavy (non-hydrogen) atoms. The highest BCUT2D eigenvalue weighted by atomic mass is 19.2. The van der Waals surface area contributed by atoms with E-state index in [9.17, 15) is 26.7 Å². The third-order valence-electron chi connectivity index (χ3n) is 5.90. The van der Waals surface area contributed by atoms with Gasteiger partial charge in [0.1, 0.15) is 29.1 Å². The molecule has 3 aromatic carbocycles. The van der Waals surface area contributed by atoms with Crippen molar-refractivity contribution in [3.8, 4) is 22.5 Å². The van der Waals surface area contributed by atoms with Crippen LogP contribution in [0.1, 0.15) is 41.4 Å². The molecule has 6 rings (SSSR count). The number of cyclic esters (lactones) is 1. The zero-order valence-corrected chi connectivity index (χ0v) is 21.9. The van der Waals surface area contributed by atoms with Crippen LogP contribution in [-0.4, -0.2) is 15.9 Å². The van der Waals surface area contributed by atoms with E-state index in [2.05, 4.69) is 9.97 Å². The van der Waals surface area contributed by atoms with Crippen LogP contribution in [-0.2, 0) is 4.74 Å². The molecule has 1 unspecified atom stereocenters. The van der Waals surface area contributed by atoms with E-state index in [0.717, 1.165) is 6.07 Å². The molecule has 0 aliphatic carbocycles. The lowest BCUT2D eigenvalue weighted by molar-refractivity contribution is 0.0455. The van der Waals surface area contributed by atoms with Crippen LogP contribution in [0.2, 0.25) is 0 Å². The summed E-state index contributed by atoms with van der Waals surface area (Å²) in [4.78, 5) is 20.0. The van der Waals surface area contributed by atoms with Gasteiger partial charge in [0, 0.05) is 47.3 Å². The van der Waals surface area contributed by atoms with Crippen LogP contribution in [0.25, 0.3) is 22.5 Å². The van der Waals surface area contributed by atoms with Crippen molar-refractivity contribution in [2.75, 3.05) is 0 Å². The Bertz CT molecular complexity index is 1640. The first-order chi connectivity index (χ1) is 19.8. The Morgan fingerprint density at radius 2 is 1.10 bits per heavy atom. The van der Waals surface area contributed by atoms with Crippen LogP contribution in [0.5, 0.6) is 0 Å². The van der Waals surface area contributed by atoms with E-state index in [1.165, 1.54) is 24.5 Å². The number of carbonyl (C=O) groups excluding carboxylic acids is 1. The number of benzene rings is 3. The Morgan fingerprint density at radius 3 is 1.66 bits per heavy atom. The zero-order valence-electron chi connectivity index (χ0n) is 21.9. The molecule has 1 atom stereocenters. The van der Waals surface area contributed by atoms with Gasteiger partial charge >= 0.3 is 5.97 Å². The molecule has 5 aromatic rings. The van der Waals surface area contributed by atoms with Crippen molar-refractivity contribution >= 4 is 5.97 Å². The normalized spacial score (nSPS) is 13.2. The number of pyridine rings is 2. The zero-order chi connectivity index (χ0) is 29.5. The SMILES string of the molecule is CC.Fc1cc(F)c(-c2ccccn2)c(F)c1.O=C1OC(c2cc(F)cc(F)c2-c2ccccn2)c2ccccc21. The first-order valence-corrected chi connectivity index (χ1v) is 12.6. The van der Waals surface area contributed by atoms with Gasteiger partial charge in [0.05, 0.1) is 22.5 Å². The summed E-state index contributed by atoms with van der Waals surface area (Å²) < 4.78 is 72.9. The van der Waals surface area contributed by atoms with Crippen LogP contribution >= 0.6 is 0 Å². The Kier molecular flexibility index (Phi) is 9.19. The molecule has 0 fully saturated rings. The number of esters is 1. The highest BCUT2D eigenvalue weighted by Crippen LogP contribution is 2.41. The van der Waals surface area contributed by atoms with Gasteiger partial charge in [-0.3, -0.25) is 9.97 Å². The van der Waals surface area contributed by atoms with Gasteiger partial charge in [0.2, 0.25) is 0 Å². The van der Waals surface area contributed by atoms with E-state index >= 15 is 0 Å². The van der Waals surface area contributed by atoms with Gasteiger partial charge in [-0.15, -0.1) is 0 Å². The van der Waals surface area contributed by atoms with Crippen molar-refractivity contribution < 1.29 is 31.5 Å². The van der Waals surface area contributed by atoms with Crippen molar-refractivity contribution in [3.05, 3.63) is 143 Å². The lowest BCUT2D eigenvalue weighted by Crippen LogP contribution is -2.06. The molecule has 0 saturated carbocycles. The van der Waals surface area contributed by atoms with Crippen LogP contribution in [0.3, 0.4) is 0 Å². The molecule has 0 amide bonds. The molecule has 0 saturated heterocycles. The van der Waals surface area contributed by atoms with Gasteiger partial charge in [-0.1, -0.05) is 44.2 Å². The minimum atomic E-state index is -0.953. The summed E-state index contributed by atoms with van der Waals surface area (Å²) in [7, 11) is 0. The van der Waals surface area contributed by atoms with E-state index in [4.69, 9.17) is 4.74 Å². The van der Waals surface area contributed by atoms with Crippen LogP contribution in [0, 0.1) is 29.1 Å². The highest BCUT2D eigenvalue weighted by Gasteiger charge is 2.34. The molecule has 0 bridgehead atoms. The molecular weight excluding hydrogens is 539 g/mol. The molecule has 1 aliphatic rings. The fourth-order valence-electron chi connectivity index (χ4n) is 4.26. The first kappa shape index (κ1) is 29.1. The van der Waals surface area contributed by atoms with Gasteiger partial charge in [-0.2, -0.15) is 0 Å². The van der Waals surface area contributed by atoms with Crippen molar-refractivity contribution in [2.45, 2.75) is 20.0 Å². The van der Waals surface area contributed by atoms with E-state index in [1.54, 1.807) is 54.6 Å². The second-order valence-corrected chi connectivity index (χ2v) is 8.40. The Morgan fingerprint density at radius 1 is 0.610 bits per heavy atom. The van der Waals surface area contributed by atoms with Crippen LogP contribution in [0.4, 0.5) is 22.0 Å². The highest BCUT2D eigenvalue weighted by molar-refractivity contribution is 5.94. The summed E-state index contributed by atoms with van der Waals surface area (Å²) in [6, 6.07) is 19.8. The fraction of sp³-hybridized carbons (Fsp3) is 0.0938. The summed E-state index contributed by atoms with van der Waals surface area (Å²) in [5, 5.41) is 0. The van der Waals surface area contributed by atoms with Gasteiger partial charge < -0.3 is 4.74 Å². The second-order valence-electron chi connectivity index (χ2n) is 8.40. The maximum atomic E-state index is 14.5. The lowest BCUT2D eigenvalue weighted by atomic mass is 9.93. The number of fused-ring (bicyclic) bond motifs is 1. The quantitative estimate of drug-likeness (QED) is 0.164. The van der Waals surface area contributed by atoms with Crippen molar-refractivity contribution in [2.24, 2.45) is 0 Å². The molecule has 4 nitrogen and oxygen atoms in total. The molecule has 208 valence electrons. The van der Waals surface area contributed by atoms with Gasteiger partial charge in [-0.05, 0) is 36.4 Å². The first-order valence-electron chi connectivity index (χ1n) is 12.6. The Hall–Kier alpha value is -4.92. The van der Waals surface area contributed by atoms with E-state index in [1.807, 2.05) is 13.8 Å². The number of carbonyl (C=O) groups is 1. The van der Waals surface area contributed by atoms with Crippen molar-refractivity contribution in [3.63, 3.8) is 0 Å². The minimum Gasteiger partial charge on any atom is -0.449 e. The summed E-state index contributed by atoms with van der Waals surface area (Å²) in [6.07, 6.45) is 2.07. The van der Waals surface area contributed by atoms with Crippen molar-refractivity contribution in [1.82, 2.24) is 9.97 Å². The number of rotatable bonds is 3. The summed E-state index contributed by atoms with van der Waals surface area (Å²) >= 11 is 0. The molecule has 0 N–H and O–H groups in total. The average Bonchev–Trinajstić information content (AvgIpc) is 3.31. The van der Waals surface area contributed by atoms with E-state index < -0.39 is 41.2 Å². The third-order valence-corrected chi connectivity index (χ3v) is 5.90. The number of ether oxygens (including phenoxy) is 1. The monoisotopic (exact) mass is 562 g/mol. The largest absolute Gasteiger partial charge is 0.449 e. The summed E-state index contributed by atoms with van der Waals surface area (Å²) in [5.74, 6) is -4.83. The summed E-state index contributed by atoms with van der Waals surface area (Å²) in [6.45, 7) is 4.00. The molecule has 0 radical (unpaired) electrons. The standard InChI is InChI=1S/C19H11F2NO2.C11H6F3N.C2H6/c20-11-9-14(17(15(21)10-11)16-7-3-4-8-22-16)18-12-5-1-2-6-13(12)19(23)24-18;12-7-5-8(13)11(9(14)6-7)10-3-1-2-4-15-10;1-2/h1-10,18H;1-6H;1-2H3. The molecule has 1 aliphatic heterocycles. The third kappa shape index (κ3) is 6.30. The second kappa shape index (κ2) is 13.0. The number of halogens is 5. The maximum absolute atomic E-state index is 14.5. The van der Waals surface area contributed by atoms with E-state index in [0.29, 0.717) is 29.0 Å². The van der Waals surface area contributed by atoms with Crippen molar-refractivity contribution in [1.29, 1.82) is 0 Å². The number of nitrogens with zero attached hydrogens (tertiary/aromatic N) is 2. The lowest BCUT2D eigenvalue weighted by Gasteiger charge is -2.16. The molecule has 0 spiro atoms. The van der Waals surface area contributed by atoms with Gasteiger partial charge in [0.15, 0.2) is 6.10 Å². The van der Waals surface area contributed by atoms with E-state index in [-0.39, 0.29) is 22.4 Å². The van der Waals surface area contributed by atoms with Crippen LogP contribution < -0.4 is 0 Å². The average molecular weight is 563 g/mol. The molecule has 2 aromatic heterocycles. The Balaban J connectivity index is 0.000000196. The topological polar surface area (TPSA) is 52.1 Å². The predicted molar refractivity (Wildman–Crippen MR) is 144 cm³/mol. The number of hydrogen-bond donors (Lipinski definition) is 0. The number of hydrogen-bond acceptors (Lipinski definition) is 4. The minimum absolute atomic E-state index is 0.131. The molecule has 3 heterocycles. The smallest absolute Gasteiger partial charge is 0.339 e. The van der Waals surface area contributed by atoms with Gasteiger partial charge in [-0.25, -0.2) is 26.7 Å². The Labute approximate surface area is 233 Å². The fourth-order valence-corrected chi connectivity index (χ4v) is 4.26. The van der Waals surface area contributed by atoms with Gasteiger partial charge in [0.25, 0.3) is 0 Å². The molecule has 9 heteroatoms. The number of aromatic nitrogens is 2. The predicted octanol–water partition coefficient (Wildman–Crippen LogP) is 8.48. The molecular formula is C32H23F5N2O2. The maximum Gasteiger partial charge on any atom is 0.339 e.